The zero-order valence-corrected chi connectivity index (χ0v) is 11.6. The highest BCUT2D eigenvalue weighted by molar-refractivity contribution is 6.30. The predicted octanol–water partition coefficient (Wildman–Crippen LogP) is 3.97. The van der Waals surface area contributed by atoms with E-state index in [1.807, 2.05) is 18.2 Å². The van der Waals surface area contributed by atoms with Crippen LogP contribution in [0.3, 0.4) is 0 Å². The van der Waals surface area contributed by atoms with Crippen molar-refractivity contribution in [2.75, 3.05) is 13.7 Å². The van der Waals surface area contributed by atoms with E-state index >= 15 is 0 Å². The predicted molar refractivity (Wildman–Crippen MR) is 73.9 cm³/mol. The van der Waals surface area contributed by atoms with E-state index < -0.39 is 0 Å². The highest BCUT2D eigenvalue weighted by Crippen LogP contribution is 2.29. The molecule has 0 aromatic heterocycles. The highest BCUT2D eigenvalue weighted by atomic mass is 35.5. The lowest BCUT2D eigenvalue weighted by Crippen LogP contribution is -2.19. The normalized spacial score (nSPS) is 12.1. The number of nitrogens with one attached hydrogen (secondary N) is 1. The van der Waals surface area contributed by atoms with Crippen LogP contribution in [0.2, 0.25) is 5.02 Å². The number of halogens is 1. The van der Waals surface area contributed by atoms with Gasteiger partial charge < -0.3 is 10.1 Å². The van der Waals surface area contributed by atoms with Crippen LogP contribution in [0, 0.1) is 0 Å². The van der Waals surface area contributed by atoms with Gasteiger partial charge >= 0.3 is 0 Å². The van der Waals surface area contributed by atoms with E-state index in [4.69, 9.17) is 16.3 Å². The molecule has 0 fully saturated rings. The fraction of sp³-hybridized carbons (Fsp3) is 0.429. The van der Waals surface area contributed by atoms with Gasteiger partial charge in [-0.1, -0.05) is 36.2 Å². The summed E-state index contributed by atoms with van der Waals surface area (Å²) in [7, 11) is 1.67. The summed E-state index contributed by atoms with van der Waals surface area (Å²) in [6.07, 6.45) is 2.19. The number of rotatable bonds is 5. The molecule has 0 aliphatic heterocycles. The molecule has 0 saturated carbocycles. The first-order valence-electron chi connectivity index (χ1n) is 5.80. The van der Waals surface area contributed by atoms with Gasteiger partial charge in [-0.15, -0.1) is 0 Å². The van der Waals surface area contributed by atoms with Gasteiger partial charge in [-0.05, 0) is 32.5 Å². The zero-order valence-electron chi connectivity index (χ0n) is 10.9. The molecule has 17 heavy (non-hydrogen) atoms. The van der Waals surface area contributed by atoms with Gasteiger partial charge in [0.25, 0.3) is 0 Å². The van der Waals surface area contributed by atoms with Crippen molar-refractivity contribution in [1.29, 1.82) is 0 Å². The van der Waals surface area contributed by atoms with Gasteiger partial charge in [0.1, 0.15) is 5.75 Å². The quantitative estimate of drug-likeness (QED) is 0.802. The van der Waals surface area contributed by atoms with E-state index in [2.05, 4.69) is 32.2 Å². The van der Waals surface area contributed by atoms with E-state index in [0.717, 1.165) is 17.9 Å². The molecule has 1 atom stereocenters. The minimum absolute atomic E-state index is 0.164. The molecule has 1 N–H and O–H groups in total. The number of hydrogen-bond donors (Lipinski definition) is 1. The van der Waals surface area contributed by atoms with Crippen molar-refractivity contribution >= 4 is 11.6 Å². The minimum atomic E-state index is 0.164. The summed E-state index contributed by atoms with van der Waals surface area (Å²) in [5.41, 5.74) is 2.38. The fourth-order valence-electron chi connectivity index (χ4n) is 1.75. The molecule has 2 nitrogen and oxygen atoms in total. The third kappa shape index (κ3) is 4.06. The van der Waals surface area contributed by atoms with E-state index in [0.29, 0.717) is 5.02 Å². The molecule has 1 aromatic rings. The number of methoxy groups -OCH3 is 1. The van der Waals surface area contributed by atoms with Crippen LogP contribution in [0.4, 0.5) is 0 Å². The molecule has 0 bridgehead atoms. The summed E-state index contributed by atoms with van der Waals surface area (Å²) >= 11 is 5.97. The van der Waals surface area contributed by atoms with Crippen molar-refractivity contribution in [2.24, 2.45) is 0 Å². The molecule has 3 heteroatoms. The maximum atomic E-state index is 5.97. The lowest BCUT2D eigenvalue weighted by molar-refractivity contribution is 0.405. The van der Waals surface area contributed by atoms with Crippen molar-refractivity contribution in [3.8, 4) is 5.75 Å². The average Bonchev–Trinajstić information content (AvgIpc) is 2.27. The Labute approximate surface area is 109 Å². The minimum Gasteiger partial charge on any atom is -0.496 e. The Bertz CT molecular complexity index is 397. The summed E-state index contributed by atoms with van der Waals surface area (Å²) in [4.78, 5) is 0. The largest absolute Gasteiger partial charge is 0.496 e. The molecule has 0 aliphatic rings. The van der Waals surface area contributed by atoms with E-state index in [9.17, 15) is 0 Å². The lowest BCUT2D eigenvalue weighted by atomic mass is 10.0. The second-order valence-electron chi connectivity index (χ2n) is 4.17. The van der Waals surface area contributed by atoms with Crippen molar-refractivity contribution in [1.82, 2.24) is 5.32 Å². The average molecular weight is 254 g/mol. The maximum absolute atomic E-state index is 5.97. The number of hydrogen-bond acceptors (Lipinski definition) is 2. The van der Waals surface area contributed by atoms with Crippen LogP contribution in [-0.2, 0) is 0 Å². The lowest BCUT2D eigenvalue weighted by Gasteiger charge is -2.18. The van der Waals surface area contributed by atoms with Crippen LogP contribution < -0.4 is 10.1 Å². The van der Waals surface area contributed by atoms with Gasteiger partial charge in [0.15, 0.2) is 0 Å². The molecular formula is C14H20ClNO. The summed E-state index contributed by atoms with van der Waals surface area (Å²) < 4.78 is 5.38. The first-order chi connectivity index (χ1) is 8.08. The Morgan fingerprint density at radius 2 is 2.18 bits per heavy atom. The number of likely N-dealkylation sites (N-methyl/N-ethyl adjacent to an activating group) is 1. The van der Waals surface area contributed by atoms with Crippen molar-refractivity contribution in [3.05, 3.63) is 40.4 Å². The van der Waals surface area contributed by atoms with Crippen molar-refractivity contribution < 1.29 is 4.74 Å². The van der Waals surface area contributed by atoms with Crippen LogP contribution in [0.1, 0.15) is 32.4 Å². The van der Waals surface area contributed by atoms with Crippen LogP contribution in [0.25, 0.3) is 0 Å². The Hall–Kier alpha value is -0.990. The van der Waals surface area contributed by atoms with Gasteiger partial charge in [-0.25, -0.2) is 0 Å². The van der Waals surface area contributed by atoms with Gasteiger partial charge in [0.05, 0.1) is 13.2 Å². The Balaban J connectivity index is 3.13. The van der Waals surface area contributed by atoms with Crippen molar-refractivity contribution in [3.63, 3.8) is 0 Å². The number of allylic oxidation sites excluding steroid dienone is 1. The summed E-state index contributed by atoms with van der Waals surface area (Å²) in [6, 6.07) is 5.91. The standard InChI is InChI=1S/C14H20ClNO/c1-5-16-13(8-10(2)3)12-7-6-11(15)9-14(12)17-4/h6-9,13,16H,5H2,1-4H3. The number of ether oxygens (including phenoxy) is 1. The number of benzene rings is 1. The smallest absolute Gasteiger partial charge is 0.125 e. The summed E-state index contributed by atoms with van der Waals surface area (Å²) in [5.74, 6) is 0.820. The Morgan fingerprint density at radius 3 is 2.71 bits per heavy atom. The highest BCUT2D eigenvalue weighted by Gasteiger charge is 2.13. The molecule has 0 radical (unpaired) electrons. The van der Waals surface area contributed by atoms with Gasteiger partial charge in [-0.2, -0.15) is 0 Å². The van der Waals surface area contributed by atoms with Gasteiger partial charge in [0.2, 0.25) is 0 Å². The van der Waals surface area contributed by atoms with Gasteiger partial charge in [0, 0.05) is 10.6 Å². The molecule has 1 unspecified atom stereocenters. The van der Waals surface area contributed by atoms with Crippen LogP contribution >= 0.6 is 11.6 Å². The zero-order chi connectivity index (χ0) is 12.8. The molecule has 0 spiro atoms. The maximum Gasteiger partial charge on any atom is 0.125 e. The first-order valence-corrected chi connectivity index (χ1v) is 6.18. The van der Waals surface area contributed by atoms with Crippen LogP contribution in [-0.4, -0.2) is 13.7 Å². The third-order valence-corrected chi connectivity index (χ3v) is 2.69. The summed E-state index contributed by atoms with van der Waals surface area (Å²) in [5, 5.41) is 4.12. The third-order valence-electron chi connectivity index (χ3n) is 2.45. The molecule has 1 aromatic carbocycles. The van der Waals surface area contributed by atoms with E-state index in [1.165, 1.54) is 5.57 Å². The molecule has 0 amide bonds. The molecule has 94 valence electrons. The Morgan fingerprint density at radius 1 is 1.47 bits per heavy atom. The van der Waals surface area contributed by atoms with E-state index in [1.54, 1.807) is 7.11 Å². The molecule has 0 aliphatic carbocycles. The monoisotopic (exact) mass is 253 g/mol. The SMILES string of the molecule is CCNC(C=C(C)C)c1ccc(Cl)cc1OC. The molecule has 1 rings (SSSR count). The second kappa shape index (κ2) is 6.67. The molecule has 0 heterocycles. The van der Waals surface area contributed by atoms with Crippen LogP contribution in [0.5, 0.6) is 5.75 Å². The summed E-state index contributed by atoms with van der Waals surface area (Å²) in [6.45, 7) is 7.17. The molecule has 0 saturated heterocycles. The second-order valence-corrected chi connectivity index (χ2v) is 4.60. The van der Waals surface area contributed by atoms with Gasteiger partial charge in [-0.3, -0.25) is 0 Å². The van der Waals surface area contributed by atoms with E-state index in [-0.39, 0.29) is 6.04 Å². The van der Waals surface area contributed by atoms with Crippen molar-refractivity contribution in [2.45, 2.75) is 26.8 Å². The first kappa shape index (κ1) is 14.1. The Kier molecular flexibility index (Phi) is 5.52. The van der Waals surface area contributed by atoms with Crippen LogP contribution in [0.15, 0.2) is 29.8 Å². The fourth-order valence-corrected chi connectivity index (χ4v) is 1.92. The topological polar surface area (TPSA) is 21.3 Å². The molecular weight excluding hydrogens is 234 g/mol.